The number of hydrogen-bond acceptors (Lipinski definition) is 2. The molecule has 0 bridgehead atoms. The minimum atomic E-state index is -2.71. The molecule has 0 aliphatic carbocycles. The maximum absolute atomic E-state index is 5.45. The van der Waals surface area contributed by atoms with Gasteiger partial charge in [0.25, 0.3) is 0 Å². The summed E-state index contributed by atoms with van der Waals surface area (Å²) in [6.07, 6.45) is 0. The summed E-state index contributed by atoms with van der Waals surface area (Å²) < 4.78 is 4.76. The summed E-state index contributed by atoms with van der Waals surface area (Å²) >= 11 is 0. The second-order valence-electron chi connectivity index (χ2n) is 16.1. The van der Waals surface area contributed by atoms with Gasteiger partial charge in [-0.25, -0.2) is 9.97 Å². The standard InChI is InChI=1S/C58H40N4Si/c1-6-20-42(21-7-1)58-59-51(41-34-36-47(37-35-41)63(44-24-10-3-11-25-44,45-26-12-4-13-27-45)46-28-14-5-15-29-46)40-55(60-58)62-52-32-18-16-30-48(52)49-38-39-54-56(57(49)62)50-31-17-19-33-53(50)61(54)43-22-8-2-9-23-43/h1-40H. The fourth-order valence-corrected chi connectivity index (χ4v) is 14.7. The van der Waals surface area contributed by atoms with Crippen LogP contribution in [0.4, 0.5) is 0 Å². The summed E-state index contributed by atoms with van der Waals surface area (Å²) in [7, 11) is -2.71. The van der Waals surface area contributed by atoms with E-state index >= 15 is 0 Å². The molecule has 12 rings (SSSR count). The van der Waals surface area contributed by atoms with E-state index in [2.05, 4.69) is 246 Å². The Morgan fingerprint density at radius 3 is 1.43 bits per heavy atom. The Kier molecular flexibility index (Phi) is 8.80. The maximum Gasteiger partial charge on any atom is 0.179 e. The molecule has 0 aliphatic rings. The molecule has 0 aliphatic heterocycles. The number of para-hydroxylation sites is 3. The molecule has 296 valence electrons. The smallest absolute Gasteiger partial charge is 0.179 e. The van der Waals surface area contributed by atoms with E-state index in [1.807, 2.05) is 6.07 Å². The van der Waals surface area contributed by atoms with E-state index in [0.717, 1.165) is 50.4 Å². The van der Waals surface area contributed by atoms with E-state index in [9.17, 15) is 0 Å². The van der Waals surface area contributed by atoms with E-state index in [1.165, 1.54) is 42.3 Å². The third kappa shape index (κ3) is 5.89. The molecule has 3 heterocycles. The molecule has 0 atom stereocenters. The molecule has 0 N–H and O–H groups in total. The molecule has 9 aromatic carbocycles. The van der Waals surface area contributed by atoms with Crippen molar-refractivity contribution < 1.29 is 0 Å². The Hall–Kier alpha value is -8.12. The van der Waals surface area contributed by atoms with Crippen molar-refractivity contribution in [2.75, 3.05) is 0 Å². The lowest BCUT2D eigenvalue weighted by Crippen LogP contribution is -2.74. The van der Waals surface area contributed by atoms with Crippen LogP contribution >= 0.6 is 0 Å². The number of hydrogen-bond donors (Lipinski definition) is 0. The first kappa shape index (κ1) is 36.7. The monoisotopic (exact) mass is 820 g/mol. The lowest BCUT2D eigenvalue weighted by atomic mass is 10.1. The van der Waals surface area contributed by atoms with Crippen molar-refractivity contribution in [3.63, 3.8) is 0 Å². The lowest BCUT2D eigenvalue weighted by Gasteiger charge is -2.34. The van der Waals surface area contributed by atoms with Gasteiger partial charge in [0.05, 0.1) is 27.8 Å². The van der Waals surface area contributed by atoms with Crippen LogP contribution in [-0.2, 0) is 0 Å². The Morgan fingerprint density at radius 2 is 0.825 bits per heavy atom. The second kappa shape index (κ2) is 15.1. The van der Waals surface area contributed by atoms with Gasteiger partial charge in [-0.1, -0.05) is 206 Å². The second-order valence-corrected chi connectivity index (χ2v) is 19.9. The quantitative estimate of drug-likeness (QED) is 0.113. The molecule has 0 saturated heterocycles. The summed E-state index contributed by atoms with van der Waals surface area (Å²) in [5.74, 6) is 1.50. The average Bonchev–Trinajstić information content (AvgIpc) is 3.89. The molecular formula is C58H40N4Si. The Labute approximate surface area is 366 Å². The minimum Gasteiger partial charge on any atom is -0.309 e. The van der Waals surface area contributed by atoms with Crippen molar-refractivity contribution in [2.24, 2.45) is 0 Å². The van der Waals surface area contributed by atoms with Gasteiger partial charge in [-0.2, -0.15) is 0 Å². The number of nitrogens with zero attached hydrogens (tertiary/aromatic N) is 4. The first-order chi connectivity index (χ1) is 31.3. The highest BCUT2D eigenvalue weighted by molar-refractivity contribution is 7.19. The summed E-state index contributed by atoms with van der Waals surface area (Å²) in [6, 6.07) is 87.7. The first-order valence-electron chi connectivity index (χ1n) is 21.5. The van der Waals surface area contributed by atoms with Gasteiger partial charge in [0, 0.05) is 44.4 Å². The van der Waals surface area contributed by atoms with Crippen molar-refractivity contribution in [3.05, 3.63) is 243 Å². The van der Waals surface area contributed by atoms with Crippen LogP contribution in [0.2, 0.25) is 0 Å². The van der Waals surface area contributed by atoms with Crippen LogP contribution in [0.3, 0.4) is 0 Å². The fraction of sp³-hybridized carbons (Fsp3) is 0. The topological polar surface area (TPSA) is 35.6 Å². The molecule has 0 fully saturated rings. The van der Waals surface area contributed by atoms with Gasteiger partial charge < -0.3 is 4.57 Å². The van der Waals surface area contributed by atoms with Crippen molar-refractivity contribution in [3.8, 4) is 34.2 Å². The summed E-state index contributed by atoms with van der Waals surface area (Å²) in [5.41, 5.74) is 8.52. The van der Waals surface area contributed by atoms with Crippen molar-refractivity contribution in [1.82, 2.24) is 19.1 Å². The van der Waals surface area contributed by atoms with E-state index in [-0.39, 0.29) is 0 Å². The van der Waals surface area contributed by atoms with Crippen LogP contribution in [0, 0.1) is 0 Å². The summed E-state index contributed by atoms with van der Waals surface area (Å²) in [5, 5.41) is 10.1. The highest BCUT2D eigenvalue weighted by Crippen LogP contribution is 2.42. The van der Waals surface area contributed by atoms with Gasteiger partial charge in [0.15, 0.2) is 13.9 Å². The third-order valence-electron chi connectivity index (χ3n) is 12.7. The average molecular weight is 821 g/mol. The molecule has 0 unspecified atom stereocenters. The van der Waals surface area contributed by atoms with Gasteiger partial charge in [-0.3, -0.25) is 4.57 Å². The van der Waals surface area contributed by atoms with Gasteiger partial charge in [0.2, 0.25) is 0 Å². The maximum atomic E-state index is 5.45. The third-order valence-corrected chi connectivity index (χ3v) is 17.5. The van der Waals surface area contributed by atoms with Crippen LogP contribution in [0.1, 0.15) is 0 Å². The zero-order chi connectivity index (χ0) is 41.7. The molecule has 5 heteroatoms. The zero-order valence-electron chi connectivity index (χ0n) is 34.4. The Morgan fingerprint density at radius 1 is 0.333 bits per heavy atom. The first-order valence-corrected chi connectivity index (χ1v) is 23.5. The highest BCUT2D eigenvalue weighted by atomic mass is 28.3. The normalized spacial score (nSPS) is 11.8. The molecule has 0 saturated carbocycles. The minimum absolute atomic E-state index is 0.679. The molecule has 63 heavy (non-hydrogen) atoms. The Balaban J connectivity index is 1.12. The van der Waals surface area contributed by atoms with Crippen LogP contribution in [0.25, 0.3) is 77.8 Å². The van der Waals surface area contributed by atoms with E-state index in [0.29, 0.717) is 5.82 Å². The van der Waals surface area contributed by atoms with Crippen molar-refractivity contribution in [1.29, 1.82) is 0 Å². The van der Waals surface area contributed by atoms with E-state index in [1.54, 1.807) is 0 Å². The number of fused-ring (bicyclic) bond motifs is 7. The molecule has 3 aromatic heterocycles. The molecule has 12 aromatic rings. The number of aromatic nitrogens is 4. The van der Waals surface area contributed by atoms with Crippen LogP contribution in [-0.4, -0.2) is 27.2 Å². The summed E-state index contributed by atoms with van der Waals surface area (Å²) in [6.45, 7) is 0. The zero-order valence-corrected chi connectivity index (χ0v) is 35.4. The SMILES string of the molecule is c1ccc(-c2nc(-c3ccc([Si](c4ccccc4)(c4ccccc4)c4ccccc4)cc3)cc(-n3c4ccccc4c4ccc5c(c6ccccc6n5-c5ccccc5)c43)n2)cc1. The van der Waals surface area contributed by atoms with Gasteiger partial charge in [-0.05, 0) is 51.1 Å². The van der Waals surface area contributed by atoms with Crippen molar-refractivity contribution in [2.45, 2.75) is 0 Å². The van der Waals surface area contributed by atoms with Gasteiger partial charge in [0.1, 0.15) is 5.82 Å². The van der Waals surface area contributed by atoms with E-state index < -0.39 is 8.07 Å². The molecule has 0 spiro atoms. The molecule has 0 amide bonds. The van der Waals surface area contributed by atoms with Gasteiger partial charge >= 0.3 is 0 Å². The summed E-state index contributed by atoms with van der Waals surface area (Å²) in [4.78, 5) is 10.8. The predicted octanol–water partition coefficient (Wildman–Crippen LogP) is 11.4. The number of rotatable bonds is 8. The Bertz CT molecular complexity index is 3490. The fourth-order valence-electron chi connectivity index (χ4n) is 9.97. The van der Waals surface area contributed by atoms with Crippen molar-refractivity contribution >= 4 is 72.4 Å². The highest BCUT2D eigenvalue weighted by Gasteiger charge is 2.41. The molecular weight excluding hydrogens is 781 g/mol. The van der Waals surface area contributed by atoms with Gasteiger partial charge in [-0.15, -0.1) is 0 Å². The largest absolute Gasteiger partial charge is 0.309 e. The predicted molar refractivity (Wildman–Crippen MR) is 265 cm³/mol. The molecule has 4 nitrogen and oxygen atoms in total. The lowest BCUT2D eigenvalue weighted by molar-refractivity contribution is 1.05. The molecule has 0 radical (unpaired) electrons. The van der Waals surface area contributed by atoms with Crippen LogP contribution in [0.15, 0.2) is 243 Å². The van der Waals surface area contributed by atoms with E-state index in [4.69, 9.17) is 9.97 Å². The van der Waals surface area contributed by atoms with Crippen LogP contribution < -0.4 is 20.7 Å². The number of benzene rings is 9. The van der Waals surface area contributed by atoms with Crippen LogP contribution in [0.5, 0.6) is 0 Å².